The molecular weight excluding hydrogens is 548 g/mol. The summed E-state index contributed by atoms with van der Waals surface area (Å²) in [5.74, 6) is 0. The summed E-state index contributed by atoms with van der Waals surface area (Å²) in [5.41, 5.74) is 2.45. The monoisotopic (exact) mass is 596 g/mol. The molecule has 0 aliphatic carbocycles. The van der Waals surface area contributed by atoms with Crippen LogP contribution in [0.3, 0.4) is 0 Å². The SMILES string of the molecule is CC.CC(C)(Cc1ccc2ccccc2c1)NCCN=O.O=S(=O)(c1ccc(CN2CCCC2)cc1)N1CCOCC1. The number of fused-ring (bicyclic) bond motifs is 1. The average Bonchev–Trinajstić information content (AvgIpc) is 3.52. The largest absolute Gasteiger partial charge is 0.379 e. The lowest BCUT2D eigenvalue weighted by molar-refractivity contribution is 0.0730. The molecule has 2 fully saturated rings. The van der Waals surface area contributed by atoms with E-state index >= 15 is 0 Å². The van der Waals surface area contributed by atoms with Crippen molar-refractivity contribution in [1.82, 2.24) is 14.5 Å². The Bertz CT molecular complexity index is 1330. The Morgan fingerprint density at radius 1 is 0.857 bits per heavy atom. The highest BCUT2D eigenvalue weighted by atomic mass is 32.2. The van der Waals surface area contributed by atoms with Crippen molar-refractivity contribution in [2.24, 2.45) is 5.18 Å². The van der Waals surface area contributed by atoms with Gasteiger partial charge in [-0.2, -0.15) is 9.21 Å². The fourth-order valence-electron chi connectivity index (χ4n) is 5.26. The van der Waals surface area contributed by atoms with E-state index in [4.69, 9.17) is 4.74 Å². The Kier molecular flexibility index (Phi) is 13.5. The molecule has 3 aromatic carbocycles. The number of ether oxygens (including phenoxy) is 1. The Labute approximate surface area is 252 Å². The van der Waals surface area contributed by atoms with Crippen LogP contribution in [0, 0.1) is 4.91 Å². The van der Waals surface area contributed by atoms with E-state index in [0.29, 0.717) is 44.3 Å². The number of benzene rings is 3. The smallest absolute Gasteiger partial charge is 0.243 e. The molecule has 2 aliphatic rings. The van der Waals surface area contributed by atoms with Crippen molar-refractivity contribution in [2.45, 2.75) is 63.9 Å². The van der Waals surface area contributed by atoms with Crippen LogP contribution in [-0.4, -0.2) is 75.6 Å². The lowest BCUT2D eigenvalue weighted by Crippen LogP contribution is -2.42. The van der Waals surface area contributed by atoms with Crippen molar-refractivity contribution in [3.05, 3.63) is 82.8 Å². The van der Waals surface area contributed by atoms with E-state index in [2.05, 4.69) is 71.7 Å². The number of likely N-dealkylation sites (tertiary alicyclic amines) is 1. The average molecular weight is 597 g/mol. The van der Waals surface area contributed by atoms with E-state index in [1.54, 1.807) is 12.1 Å². The van der Waals surface area contributed by atoms with Gasteiger partial charge in [0.2, 0.25) is 10.0 Å². The minimum absolute atomic E-state index is 0.0346. The molecule has 0 bridgehead atoms. The third-order valence-corrected chi connectivity index (χ3v) is 9.32. The van der Waals surface area contributed by atoms with E-state index in [-0.39, 0.29) is 5.54 Å². The molecule has 3 aromatic rings. The molecule has 2 heterocycles. The zero-order chi connectivity index (χ0) is 30.4. The highest BCUT2D eigenvalue weighted by molar-refractivity contribution is 7.89. The molecule has 230 valence electrons. The molecule has 9 heteroatoms. The Morgan fingerprint density at radius 2 is 1.48 bits per heavy atom. The molecule has 8 nitrogen and oxygen atoms in total. The van der Waals surface area contributed by atoms with Crippen LogP contribution < -0.4 is 5.32 Å². The molecule has 0 amide bonds. The number of nitroso groups, excluding NO2 is 1. The molecule has 2 saturated heterocycles. The molecule has 0 radical (unpaired) electrons. The zero-order valence-corrected chi connectivity index (χ0v) is 26.5. The predicted molar refractivity (Wildman–Crippen MR) is 172 cm³/mol. The van der Waals surface area contributed by atoms with Gasteiger partial charge in [0.15, 0.2) is 0 Å². The summed E-state index contributed by atoms with van der Waals surface area (Å²) < 4.78 is 31.7. The van der Waals surface area contributed by atoms with Crippen LogP contribution in [0.25, 0.3) is 10.8 Å². The van der Waals surface area contributed by atoms with Crippen LogP contribution in [0.2, 0.25) is 0 Å². The minimum atomic E-state index is -3.37. The van der Waals surface area contributed by atoms with Crippen molar-refractivity contribution < 1.29 is 13.2 Å². The van der Waals surface area contributed by atoms with Crippen LogP contribution in [-0.2, 0) is 27.7 Å². The third kappa shape index (κ3) is 10.2. The molecule has 1 N–H and O–H groups in total. The number of rotatable bonds is 10. The van der Waals surface area contributed by atoms with Gasteiger partial charge in [0.1, 0.15) is 0 Å². The van der Waals surface area contributed by atoms with Crippen molar-refractivity contribution in [2.75, 3.05) is 52.5 Å². The van der Waals surface area contributed by atoms with Crippen LogP contribution in [0.15, 0.2) is 76.8 Å². The van der Waals surface area contributed by atoms with E-state index < -0.39 is 10.0 Å². The normalized spacial score (nSPS) is 16.3. The van der Waals surface area contributed by atoms with Gasteiger partial charge in [0.05, 0.1) is 24.7 Å². The first-order valence-electron chi connectivity index (χ1n) is 15.2. The maximum absolute atomic E-state index is 12.5. The Morgan fingerprint density at radius 3 is 2.12 bits per heavy atom. The standard InChI is InChI=1S/C16H20N2O.C15H22N2O3S.C2H6/c1-16(2,17-9-10-18-19)12-13-7-8-14-5-3-4-6-15(14)11-13;18-21(19,17-9-11-20-12-10-17)15-5-3-14(4-6-15)13-16-7-1-2-8-16;1-2/h3-8,11,17H,9-10,12H2,1-2H3;3-6H,1-2,7-13H2;1-2H3. The first-order valence-corrected chi connectivity index (χ1v) is 16.6. The van der Waals surface area contributed by atoms with Gasteiger partial charge in [0.25, 0.3) is 0 Å². The second-order valence-corrected chi connectivity index (χ2v) is 13.1. The first-order chi connectivity index (χ1) is 20.3. The number of morpholine rings is 1. The quantitative estimate of drug-likeness (QED) is 0.233. The van der Waals surface area contributed by atoms with Gasteiger partial charge in [-0.15, -0.1) is 0 Å². The van der Waals surface area contributed by atoms with Crippen molar-refractivity contribution in [3.63, 3.8) is 0 Å². The molecule has 0 atom stereocenters. The Balaban J connectivity index is 0.000000219. The number of nitrogens with zero attached hydrogens (tertiary/aromatic N) is 3. The summed E-state index contributed by atoms with van der Waals surface area (Å²) in [6.07, 6.45) is 3.46. The number of hydrogen-bond acceptors (Lipinski definition) is 7. The zero-order valence-electron chi connectivity index (χ0n) is 25.7. The fourth-order valence-corrected chi connectivity index (χ4v) is 6.67. The lowest BCUT2D eigenvalue weighted by atomic mass is 9.93. The molecule has 0 aromatic heterocycles. The van der Waals surface area contributed by atoms with Gasteiger partial charge in [-0.05, 0) is 80.2 Å². The van der Waals surface area contributed by atoms with Crippen molar-refractivity contribution in [1.29, 1.82) is 0 Å². The minimum Gasteiger partial charge on any atom is -0.379 e. The van der Waals surface area contributed by atoms with Gasteiger partial charge < -0.3 is 10.1 Å². The second-order valence-electron chi connectivity index (χ2n) is 11.2. The van der Waals surface area contributed by atoms with E-state index in [1.807, 2.05) is 26.0 Å². The molecular formula is C33H48N4O4S. The van der Waals surface area contributed by atoms with Crippen LogP contribution in [0.5, 0.6) is 0 Å². The second kappa shape index (κ2) is 16.8. The maximum atomic E-state index is 12.5. The van der Waals surface area contributed by atoms with E-state index in [1.165, 1.54) is 39.0 Å². The molecule has 0 unspecified atom stereocenters. The summed E-state index contributed by atoms with van der Waals surface area (Å²) in [7, 11) is -3.37. The highest BCUT2D eigenvalue weighted by Gasteiger charge is 2.26. The summed E-state index contributed by atoms with van der Waals surface area (Å²) in [6, 6.07) is 22.3. The molecule has 42 heavy (non-hydrogen) atoms. The molecule has 5 rings (SSSR count). The van der Waals surface area contributed by atoms with Crippen LogP contribution in [0.4, 0.5) is 0 Å². The van der Waals surface area contributed by atoms with Gasteiger partial charge in [-0.1, -0.05) is 73.6 Å². The summed E-state index contributed by atoms with van der Waals surface area (Å²) in [6.45, 7) is 14.3. The van der Waals surface area contributed by atoms with Gasteiger partial charge >= 0.3 is 0 Å². The van der Waals surface area contributed by atoms with Crippen LogP contribution in [0.1, 0.15) is 51.7 Å². The van der Waals surface area contributed by atoms with Gasteiger partial charge in [0, 0.05) is 31.7 Å². The topological polar surface area (TPSA) is 91.3 Å². The number of nitrogens with one attached hydrogen (secondary N) is 1. The van der Waals surface area contributed by atoms with Crippen LogP contribution >= 0.6 is 0 Å². The lowest BCUT2D eigenvalue weighted by Gasteiger charge is -2.26. The maximum Gasteiger partial charge on any atom is 0.243 e. The summed E-state index contributed by atoms with van der Waals surface area (Å²) in [5, 5.41) is 8.77. The highest BCUT2D eigenvalue weighted by Crippen LogP contribution is 2.21. The Hall–Kier alpha value is -2.69. The number of sulfonamides is 1. The fraction of sp³-hybridized carbons (Fsp3) is 0.515. The molecule has 2 aliphatic heterocycles. The van der Waals surface area contributed by atoms with E-state index in [9.17, 15) is 13.3 Å². The third-order valence-electron chi connectivity index (χ3n) is 7.40. The van der Waals surface area contributed by atoms with E-state index in [0.717, 1.165) is 26.1 Å². The first kappa shape index (κ1) is 33.8. The molecule has 0 saturated carbocycles. The number of hydrogen-bond donors (Lipinski definition) is 1. The predicted octanol–water partition coefficient (Wildman–Crippen LogP) is 5.85. The van der Waals surface area contributed by atoms with Crippen molar-refractivity contribution >= 4 is 20.8 Å². The summed E-state index contributed by atoms with van der Waals surface area (Å²) >= 11 is 0. The van der Waals surface area contributed by atoms with Gasteiger partial charge in [-0.3, -0.25) is 4.90 Å². The molecule has 0 spiro atoms. The van der Waals surface area contributed by atoms with Crippen molar-refractivity contribution in [3.8, 4) is 0 Å². The summed E-state index contributed by atoms with van der Waals surface area (Å²) in [4.78, 5) is 12.9. The van der Waals surface area contributed by atoms with Gasteiger partial charge in [-0.25, -0.2) is 8.42 Å².